The van der Waals surface area contributed by atoms with Gasteiger partial charge in [0.2, 0.25) is 11.8 Å². The van der Waals surface area contributed by atoms with Crippen LogP contribution in [0.1, 0.15) is 114 Å². The molecule has 0 bridgehead atoms. The van der Waals surface area contributed by atoms with Crippen molar-refractivity contribution >= 4 is 17.6 Å². The number of carbonyl (C=O) groups is 3. The average molecular weight is 465 g/mol. The number of carbonyl (C=O) groups excluding carboxylic acids is 3. The topological polar surface area (TPSA) is 57.7 Å². The summed E-state index contributed by atoms with van der Waals surface area (Å²) in [6, 6.07) is 0. The number of Topliss-reactive ketones (excluding diaryl/α,β-unsaturated/α-hetero) is 1. The Morgan fingerprint density at radius 3 is 1.15 bits per heavy atom. The third-order valence-electron chi connectivity index (χ3n) is 6.53. The molecule has 0 atom stereocenters. The Morgan fingerprint density at radius 2 is 0.879 bits per heavy atom. The van der Waals surface area contributed by atoms with Gasteiger partial charge in [-0.2, -0.15) is 0 Å². The van der Waals surface area contributed by atoms with E-state index in [1.807, 2.05) is 72.1 Å². The molecule has 0 N–H and O–H groups in total. The second kappa shape index (κ2) is 12.4. The highest BCUT2D eigenvalue weighted by Crippen LogP contribution is 2.32. The molecule has 1 saturated carbocycles. The highest BCUT2D eigenvalue weighted by atomic mass is 16.2. The van der Waals surface area contributed by atoms with Crippen molar-refractivity contribution in [1.82, 2.24) is 9.80 Å². The van der Waals surface area contributed by atoms with Crippen molar-refractivity contribution in [2.45, 2.75) is 114 Å². The van der Waals surface area contributed by atoms with Crippen molar-refractivity contribution in [3.8, 4) is 0 Å². The van der Waals surface area contributed by atoms with Gasteiger partial charge in [0, 0.05) is 48.3 Å². The number of likely N-dealkylation sites (tertiary alicyclic amines) is 2. The lowest BCUT2D eigenvalue weighted by Crippen LogP contribution is -2.47. The van der Waals surface area contributed by atoms with Gasteiger partial charge in [-0.15, -0.1) is 0 Å². The van der Waals surface area contributed by atoms with E-state index < -0.39 is 0 Å². The molecule has 5 nitrogen and oxygen atoms in total. The standard InChI is InChI=1S/C10H19NO.C10H18O.C8H15NO/c1-10(2,3)9(12)11-7-5-4-6-8-11;1-10(2,3)9(11)8-6-4-5-7-8;1-8(2,3)7(10)9-5-4-6-9/h4-8H2,1-3H3;8H,4-7H2,1-3H3;4-6H2,1-3H3. The second-order valence-corrected chi connectivity index (χ2v) is 13.1. The van der Waals surface area contributed by atoms with Gasteiger partial charge in [-0.25, -0.2) is 0 Å². The molecule has 3 rings (SSSR count). The first-order valence-corrected chi connectivity index (χ1v) is 13.2. The number of ketones is 1. The molecular weight excluding hydrogens is 412 g/mol. The molecule has 0 spiro atoms. The van der Waals surface area contributed by atoms with Gasteiger partial charge in [-0.1, -0.05) is 75.2 Å². The van der Waals surface area contributed by atoms with Crippen molar-refractivity contribution in [2.24, 2.45) is 22.2 Å². The summed E-state index contributed by atoms with van der Waals surface area (Å²) in [7, 11) is 0. The van der Waals surface area contributed by atoms with Gasteiger partial charge in [0.05, 0.1) is 0 Å². The zero-order valence-corrected chi connectivity index (χ0v) is 23.2. The molecule has 0 aromatic carbocycles. The first-order valence-electron chi connectivity index (χ1n) is 13.2. The molecule has 2 amide bonds. The predicted molar refractivity (Wildman–Crippen MR) is 137 cm³/mol. The van der Waals surface area contributed by atoms with Crippen LogP contribution < -0.4 is 0 Å². The molecule has 2 heterocycles. The molecule has 0 unspecified atom stereocenters. The number of hydrogen-bond donors (Lipinski definition) is 0. The lowest BCUT2D eigenvalue weighted by atomic mass is 9.82. The van der Waals surface area contributed by atoms with Crippen molar-refractivity contribution < 1.29 is 14.4 Å². The molecule has 0 aromatic heterocycles. The maximum Gasteiger partial charge on any atom is 0.227 e. The first-order chi connectivity index (χ1) is 15.0. The highest BCUT2D eigenvalue weighted by Gasteiger charge is 2.31. The molecule has 3 aliphatic rings. The van der Waals surface area contributed by atoms with E-state index in [2.05, 4.69) is 0 Å². The molecule has 2 aliphatic heterocycles. The largest absolute Gasteiger partial charge is 0.342 e. The molecule has 3 fully saturated rings. The number of rotatable bonds is 1. The summed E-state index contributed by atoms with van der Waals surface area (Å²) in [6.07, 6.45) is 9.62. The van der Waals surface area contributed by atoms with Crippen molar-refractivity contribution in [2.75, 3.05) is 26.2 Å². The van der Waals surface area contributed by atoms with Gasteiger partial charge in [-0.3, -0.25) is 14.4 Å². The maximum atomic E-state index is 11.7. The fourth-order valence-electron chi connectivity index (χ4n) is 4.37. The smallest absolute Gasteiger partial charge is 0.227 e. The Hall–Kier alpha value is -1.39. The van der Waals surface area contributed by atoms with Crippen LogP contribution in [0.3, 0.4) is 0 Å². The number of nitrogens with zero attached hydrogens (tertiary/aromatic N) is 2. The van der Waals surface area contributed by atoms with Gasteiger partial charge >= 0.3 is 0 Å². The number of piperidine rings is 1. The van der Waals surface area contributed by atoms with Gasteiger partial charge < -0.3 is 9.80 Å². The summed E-state index contributed by atoms with van der Waals surface area (Å²) in [4.78, 5) is 38.7. The van der Waals surface area contributed by atoms with Gasteiger partial charge in [0.1, 0.15) is 5.78 Å². The Morgan fingerprint density at radius 1 is 0.515 bits per heavy atom. The van der Waals surface area contributed by atoms with Crippen molar-refractivity contribution in [3.63, 3.8) is 0 Å². The van der Waals surface area contributed by atoms with Crippen LogP contribution in [0.15, 0.2) is 0 Å². The lowest BCUT2D eigenvalue weighted by Gasteiger charge is -2.35. The summed E-state index contributed by atoms with van der Waals surface area (Å²) in [6.45, 7) is 21.8. The third kappa shape index (κ3) is 10.2. The zero-order chi connectivity index (χ0) is 25.4. The van der Waals surface area contributed by atoms with E-state index in [0.29, 0.717) is 23.5 Å². The SMILES string of the molecule is CC(C)(C)C(=O)C1CCCC1.CC(C)(C)C(=O)N1CCC1.CC(C)(C)C(=O)N1CCCCC1. The third-order valence-corrected chi connectivity index (χ3v) is 6.53. The van der Waals surface area contributed by atoms with Crippen LogP contribution in [0.25, 0.3) is 0 Å². The van der Waals surface area contributed by atoms with E-state index in [-0.39, 0.29) is 16.2 Å². The van der Waals surface area contributed by atoms with E-state index in [9.17, 15) is 14.4 Å². The first kappa shape index (κ1) is 29.6. The van der Waals surface area contributed by atoms with Crippen LogP contribution in [0.2, 0.25) is 0 Å². The van der Waals surface area contributed by atoms with Crippen LogP contribution in [0, 0.1) is 22.2 Å². The molecule has 33 heavy (non-hydrogen) atoms. The quantitative estimate of drug-likeness (QED) is 0.471. The van der Waals surface area contributed by atoms with E-state index in [1.165, 1.54) is 38.5 Å². The van der Waals surface area contributed by atoms with E-state index in [1.54, 1.807) is 0 Å². The predicted octanol–water partition coefficient (Wildman–Crippen LogP) is 6.10. The van der Waals surface area contributed by atoms with Gasteiger partial charge in [-0.05, 0) is 38.5 Å². The maximum absolute atomic E-state index is 11.7. The highest BCUT2D eigenvalue weighted by molar-refractivity contribution is 5.86. The summed E-state index contributed by atoms with van der Waals surface area (Å²) in [5.41, 5.74) is -0.493. The van der Waals surface area contributed by atoms with Crippen LogP contribution in [0.4, 0.5) is 0 Å². The zero-order valence-electron chi connectivity index (χ0n) is 23.2. The Kier molecular flexibility index (Phi) is 11.1. The molecule has 192 valence electrons. The van der Waals surface area contributed by atoms with Crippen molar-refractivity contribution in [1.29, 1.82) is 0 Å². The summed E-state index contributed by atoms with van der Waals surface area (Å²) in [5.74, 6) is 1.45. The average Bonchev–Trinajstić information content (AvgIpc) is 3.19. The fourth-order valence-corrected chi connectivity index (χ4v) is 4.37. The normalized spacial score (nSPS) is 19.5. The van der Waals surface area contributed by atoms with Crippen LogP contribution >= 0.6 is 0 Å². The lowest BCUT2D eigenvalue weighted by molar-refractivity contribution is -0.143. The molecule has 1 aliphatic carbocycles. The summed E-state index contributed by atoms with van der Waals surface area (Å²) in [5, 5.41) is 0. The van der Waals surface area contributed by atoms with E-state index >= 15 is 0 Å². The Balaban J connectivity index is 0.000000249. The monoisotopic (exact) mass is 464 g/mol. The van der Waals surface area contributed by atoms with E-state index in [4.69, 9.17) is 0 Å². The molecule has 2 saturated heterocycles. The molecule has 0 aromatic rings. The van der Waals surface area contributed by atoms with Gasteiger partial charge in [0.15, 0.2) is 0 Å². The second-order valence-electron chi connectivity index (χ2n) is 13.1. The minimum absolute atomic E-state index is 0.116. The molecule has 5 heteroatoms. The Bertz CT molecular complexity index is 634. The van der Waals surface area contributed by atoms with Gasteiger partial charge in [0.25, 0.3) is 0 Å². The van der Waals surface area contributed by atoms with Crippen molar-refractivity contribution in [3.05, 3.63) is 0 Å². The number of amides is 2. The van der Waals surface area contributed by atoms with Crippen LogP contribution in [-0.2, 0) is 14.4 Å². The summed E-state index contributed by atoms with van der Waals surface area (Å²) < 4.78 is 0. The van der Waals surface area contributed by atoms with E-state index in [0.717, 1.165) is 39.0 Å². The minimum Gasteiger partial charge on any atom is -0.342 e. The molecule has 0 radical (unpaired) electrons. The fraction of sp³-hybridized carbons (Fsp3) is 0.893. The summed E-state index contributed by atoms with van der Waals surface area (Å²) >= 11 is 0. The Labute approximate surface area is 204 Å². The minimum atomic E-state index is -0.197. The molecular formula is C28H52N2O3. The number of hydrogen-bond acceptors (Lipinski definition) is 3. The van der Waals surface area contributed by atoms with Crippen LogP contribution in [0.5, 0.6) is 0 Å². The van der Waals surface area contributed by atoms with Crippen LogP contribution in [-0.4, -0.2) is 53.6 Å².